The van der Waals surface area contributed by atoms with Gasteiger partial charge in [0, 0.05) is 0 Å². The van der Waals surface area contributed by atoms with Gasteiger partial charge in [-0.3, -0.25) is 0 Å². The van der Waals surface area contributed by atoms with Gasteiger partial charge in [0.25, 0.3) is 0 Å². The Bertz CT molecular complexity index is 250. The predicted molar refractivity (Wildman–Crippen MR) is 48.4 cm³/mol. The van der Waals surface area contributed by atoms with Gasteiger partial charge in [0.05, 0.1) is 0 Å². The van der Waals surface area contributed by atoms with Gasteiger partial charge in [-0.2, -0.15) is 18.2 Å². The minimum absolute atomic E-state index is 0. The van der Waals surface area contributed by atoms with Gasteiger partial charge in [0.2, 0.25) is 0 Å². The normalized spacial score (nSPS) is 11.5. The molecule has 1 aliphatic carbocycles. The minimum Gasteiger partial charge on any atom is -0.877 e. The quantitative estimate of drug-likeness (QED) is 0.472. The summed E-state index contributed by atoms with van der Waals surface area (Å²) in [6, 6.07) is 10.0. The van der Waals surface area contributed by atoms with E-state index in [1.165, 1.54) is 0 Å². The summed E-state index contributed by atoms with van der Waals surface area (Å²) < 4.78 is 0. The van der Waals surface area contributed by atoms with Gasteiger partial charge in [-0.05, 0) is 5.57 Å². The van der Waals surface area contributed by atoms with Gasteiger partial charge in [-0.1, -0.05) is 24.3 Å². The molecule has 0 amide bonds. The van der Waals surface area contributed by atoms with Crippen LogP contribution in [0.4, 0.5) is 0 Å². The monoisotopic (exact) mass is 210 g/mol. The molecule has 0 aliphatic heterocycles. The fourth-order valence-electron chi connectivity index (χ4n) is 0.788. The number of rotatable bonds is 0. The Labute approximate surface area is 89.2 Å². The van der Waals surface area contributed by atoms with Gasteiger partial charge in [0.1, 0.15) is 0 Å². The van der Waals surface area contributed by atoms with E-state index in [0.717, 1.165) is 11.8 Å². The molecule has 0 radical (unpaired) electrons. The maximum absolute atomic E-state index is 9.87. The first-order valence-electron chi connectivity index (χ1n) is 3.77. The zero-order valence-corrected chi connectivity index (χ0v) is 8.37. The summed E-state index contributed by atoms with van der Waals surface area (Å²) >= 11 is 0. The Morgan fingerprint density at radius 1 is 1.08 bits per heavy atom. The molecule has 1 aromatic rings. The maximum Gasteiger partial charge on any atom is 2.00 e. The molecule has 0 spiro atoms. The van der Waals surface area contributed by atoms with Crippen molar-refractivity contribution in [3.05, 3.63) is 66.5 Å². The van der Waals surface area contributed by atoms with Crippen LogP contribution in [0.25, 0.3) is 0 Å². The van der Waals surface area contributed by atoms with Crippen molar-refractivity contribution in [1.82, 2.24) is 0 Å². The summed E-state index contributed by atoms with van der Waals surface area (Å²) in [6.45, 7) is 0. The molecule has 0 bridgehead atoms. The van der Waals surface area contributed by atoms with E-state index in [2.05, 4.69) is 0 Å². The summed E-state index contributed by atoms with van der Waals surface area (Å²) in [4.78, 5) is 0. The Balaban J connectivity index is 0.000000215. The molecule has 13 heavy (non-hydrogen) atoms. The molecule has 1 nitrogen and oxygen atoms in total. The van der Waals surface area contributed by atoms with Crippen LogP contribution in [0, 0.1) is 0 Å². The molecule has 2 heteroatoms. The number of allylic oxidation sites excluding steroid dienone is 5. The van der Waals surface area contributed by atoms with Crippen molar-refractivity contribution in [2.75, 3.05) is 0 Å². The molecule has 1 aliphatic rings. The molecule has 0 fully saturated rings. The van der Waals surface area contributed by atoms with Crippen molar-refractivity contribution in [1.29, 1.82) is 0 Å². The van der Waals surface area contributed by atoms with Crippen molar-refractivity contribution >= 4 is 0 Å². The smallest absolute Gasteiger partial charge is 0.877 e. The second-order valence-corrected chi connectivity index (χ2v) is 2.30. The molecule has 0 unspecified atom stereocenters. The third-order valence-corrected chi connectivity index (χ3v) is 1.38. The average Bonchev–Trinajstić information content (AvgIpc) is 2.81. The second-order valence-electron chi connectivity index (χ2n) is 2.30. The zero-order valence-electron chi connectivity index (χ0n) is 7.09. The molecule has 1 aromatic carbocycles. The summed E-state index contributed by atoms with van der Waals surface area (Å²) in [5.41, 5.74) is 0.750. The molecule has 0 heterocycles. The SMILES string of the molecule is [Cr+2].[O-]C=C1C=CC=C1.c1cc[cH-]c1. The molecular formula is C11H10CrO. The van der Waals surface area contributed by atoms with Gasteiger partial charge in [0.15, 0.2) is 0 Å². The predicted octanol–water partition coefficient (Wildman–Crippen LogP) is 1.76. The van der Waals surface area contributed by atoms with Crippen LogP contribution in [-0.2, 0) is 17.4 Å². The maximum atomic E-state index is 9.87. The van der Waals surface area contributed by atoms with E-state index in [-0.39, 0.29) is 17.4 Å². The van der Waals surface area contributed by atoms with Gasteiger partial charge in [-0.25, -0.2) is 12.1 Å². The van der Waals surface area contributed by atoms with Crippen LogP contribution < -0.4 is 5.11 Å². The number of hydrogen-bond acceptors (Lipinski definition) is 1. The molecule has 0 saturated carbocycles. The van der Waals surface area contributed by atoms with Gasteiger partial charge < -0.3 is 5.11 Å². The van der Waals surface area contributed by atoms with Crippen molar-refractivity contribution in [2.45, 2.75) is 0 Å². The molecule has 0 atom stereocenters. The van der Waals surface area contributed by atoms with Crippen LogP contribution in [0.2, 0.25) is 0 Å². The molecular weight excluding hydrogens is 200 g/mol. The average molecular weight is 210 g/mol. The summed E-state index contributed by atoms with van der Waals surface area (Å²) in [5.74, 6) is 0. The fraction of sp³-hybridized carbons (Fsp3) is 0. The van der Waals surface area contributed by atoms with E-state index < -0.39 is 0 Å². The van der Waals surface area contributed by atoms with E-state index in [1.807, 2.05) is 42.5 Å². The third kappa shape index (κ3) is 5.19. The van der Waals surface area contributed by atoms with Crippen LogP contribution in [0.5, 0.6) is 0 Å². The second kappa shape index (κ2) is 7.55. The summed E-state index contributed by atoms with van der Waals surface area (Å²) in [6.07, 6.45) is 8.05. The third-order valence-electron chi connectivity index (χ3n) is 1.38. The molecule has 0 N–H and O–H groups in total. The first kappa shape index (κ1) is 11.9. The largest absolute Gasteiger partial charge is 2.00 e. The van der Waals surface area contributed by atoms with E-state index in [9.17, 15) is 5.11 Å². The molecule has 66 valence electrons. The summed E-state index contributed by atoms with van der Waals surface area (Å²) in [5, 5.41) is 9.87. The van der Waals surface area contributed by atoms with Crippen molar-refractivity contribution in [3.63, 3.8) is 0 Å². The van der Waals surface area contributed by atoms with Gasteiger partial charge in [-0.15, -0.1) is 6.26 Å². The van der Waals surface area contributed by atoms with E-state index >= 15 is 0 Å². The van der Waals surface area contributed by atoms with E-state index in [4.69, 9.17) is 0 Å². The van der Waals surface area contributed by atoms with Crippen molar-refractivity contribution in [3.8, 4) is 0 Å². The van der Waals surface area contributed by atoms with Crippen LogP contribution >= 0.6 is 0 Å². The Hall–Kier alpha value is -1.10. The number of hydrogen-bond donors (Lipinski definition) is 0. The van der Waals surface area contributed by atoms with Crippen molar-refractivity contribution < 1.29 is 22.5 Å². The molecule has 2 rings (SSSR count). The zero-order chi connectivity index (χ0) is 8.65. The van der Waals surface area contributed by atoms with Crippen LogP contribution in [-0.4, -0.2) is 0 Å². The van der Waals surface area contributed by atoms with Crippen molar-refractivity contribution in [2.24, 2.45) is 0 Å². The fourth-order valence-corrected chi connectivity index (χ4v) is 0.788. The topological polar surface area (TPSA) is 23.1 Å². The van der Waals surface area contributed by atoms with Gasteiger partial charge >= 0.3 is 17.4 Å². The summed E-state index contributed by atoms with van der Waals surface area (Å²) in [7, 11) is 0. The first-order chi connectivity index (χ1) is 5.93. The minimum atomic E-state index is 0. The Morgan fingerprint density at radius 3 is 1.85 bits per heavy atom. The standard InChI is InChI=1S/C6H6O.C5H5.Cr/c7-5-6-3-1-2-4-6;1-2-4-5-3-1;/h1-5,7H;1-5H;/q;-1;+2/p-1. The van der Waals surface area contributed by atoms with Crippen LogP contribution in [0.15, 0.2) is 66.5 Å². The Morgan fingerprint density at radius 2 is 1.62 bits per heavy atom. The molecule has 0 saturated heterocycles. The van der Waals surface area contributed by atoms with E-state index in [0.29, 0.717) is 0 Å². The Kier molecular flexibility index (Phi) is 6.91. The molecule has 0 aromatic heterocycles. The van der Waals surface area contributed by atoms with Crippen LogP contribution in [0.1, 0.15) is 0 Å². The van der Waals surface area contributed by atoms with Crippen LogP contribution in [0.3, 0.4) is 0 Å². The first-order valence-corrected chi connectivity index (χ1v) is 3.77. The van der Waals surface area contributed by atoms with E-state index in [1.54, 1.807) is 12.2 Å².